The van der Waals surface area contributed by atoms with E-state index < -0.39 is 0 Å². The lowest BCUT2D eigenvalue weighted by molar-refractivity contribution is 0.188. The van der Waals surface area contributed by atoms with E-state index in [1.165, 1.54) is 0 Å². The van der Waals surface area contributed by atoms with Crippen LogP contribution in [0.4, 0.5) is 5.95 Å². The Morgan fingerprint density at radius 1 is 1.13 bits per heavy atom. The number of nitrogens with one attached hydrogen (secondary N) is 1. The predicted molar refractivity (Wildman–Crippen MR) is 134 cm³/mol. The van der Waals surface area contributed by atoms with E-state index in [1.54, 1.807) is 0 Å². The van der Waals surface area contributed by atoms with Gasteiger partial charge in [-0.3, -0.25) is 9.89 Å². The van der Waals surface area contributed by atoms with E-state index in [1.807, 2.05) is 38.0 Å². The summed E-state index contributed by atoms with van der Waals surface area (Å²) in [6, 6.07) is 2.30. The van der Waals surface area contributed by atoms with Crippen LogP contribution in [0.5, 0.6) is 0 Å². The van der Waals surface area contributed by atoms with Gasteiger partial charge in [0.1, 0.15) is 0 Å². The highest BCUT2D eigenvalue weighted by Gasteiger charge is 2.29. The normalized spacial score (nSPS) is 22.8. The molecular weight excluding hydrogens is 505 g/mol. The molecule has 1 N–H and O–H groups in total. The number of rotatable bonds is 5. The fraction of sp³-hybridized carbons (Fsp3) is 0.619. The van der Waals surface area contributed by atoms with Crippen molar-refractivity contribution in [2.45, 2.75) is 19.4 Å². The number of hydrogen-bond acceptors (Lipinski definition) is 6. The van der Waals surface area contributed by atoms with Crippen molar-refractivity contribution in [2.75, 3.05) is 64.3 Å². The van der Waals surface area contributed by atoms with E-state index in [2.05, 4.69) is 57.6 Å². The third kappa shape index (κ3) is 6.06. The van der Waals surface area contributed by atoms with Crippen molar-refractivity contribution >= 4 is 35.9 Å². The maximum Gasteiger partial charge on any atom is 0.225 e. The van der Waals surface area contributed by atoms with E-state index in [9.17, 15) is 0 Å². The first-order valence-electron chi connectivity index (χ1n) is 10.9. The number of likely N-dealkylation sites (tertiary alicyclic amines) is 1. The summed E-state index contributed by atoms with van der Waals surface area (Å²) in [7, 11) is 1.88. The van der Waals surface area contributed by atoms with Gasteiger partial charge >= 0.3 is 0 Å². The van der Waals surface area contributed by atoms with Crippen LogP contribution in [-0.2, 0) is 0 Å². The number of guanidine groups is 1. The average Bonchev–Trinajstić information content (AvgIpc) is 3.33. The molecule has 0 aliphatic carbocycles. The van der Waals surface area contributed by atoms with Gasteiger partial charge in [0.2, 0.25) is 5.95 Å². The van der Waals surface area contributed by atoms with E-state index in [-0.39, 0.29) is 24.0 Å². The Kier molecular flexibility index (Phi) is 8.88. The van der Waals surface area contributed by atoms with Gasteiger partial charge in [0.25, 0.3) is 0 Å². The van der Waals surface area contributed by atoms with Gasteiger partial charge < -0.3 is 19.7 Å². The summed E-state index contributed by atoms with van der Waals surface area (Å²) >= 11 is 0. The van der Waals surface area contributed by atoms with Crippen LogP contribution in [0.2, 0.25) is 0 Å². The van der Waals surface area contributed by atoms with Gasteiger partial charge in [-0.1, -0.05) is 6.92 Å². The van der Waals surface area contributed by atoms with Gasteiger partial charge in [-0.2, -0.15) is 0 Å². The fourth-order valence-corrected chi connectivity index (χ4v) is 4.38. The lowest BCUT2D eigenvalue weighted by Gasteiger charge is -2.39. The Morgan fingerprint density at radius 3 is 2.58 bits per heavy atom. The average molecular weight is 539 g/mol. The van der Waals surface area contributed by atoms with Crippen molar-refractivity contribution < 1.29 is 0 Å². The number of anilines is 1. The second kappa shape index (κ2) is 11.6. The van der Waals surface area contributed by atoms with Gasteiger partial charge in [0.05, 0.1) is 12.4 Å². The van der Waals surface area contributed by atoms with Crippen LogP contribution >= 0.6 is 24.0 Å². The number of imidazole rings is 1. The number of nitrogens with zero attached hydrogens (tertiary/aromatic N) is 8. The maximum atomic E-state index is 4.55. The van der Waals surface area contributed by atoms with Crippen molar-refractivity contribution in [3.05, 3.63) is 37.2 Å². The molecule has 10 heteroatoms. The summed E-state index contributed by atoms with van der Waals surface area (Å²) < 4.78 is 2.24. The van der Waals surface area contributed by atoms with Crippen LogP contribution in [0.3, 0.4) is 0 Å². The lowest BCUT2D eigenvalue weighted by Crippen LogP contribution is -2.52. The first-order chi connectivity index (χ1) is 14.7. The molecule has 4 heterocycles. The third-order valence-corrected chi connectivity index (χ3v) is 6.26. The second-order valence-corrected chi connectivity index (χ2v) is 8.14. The highest BCUT2D eigenvalue weighted by Crippen LogP contribution is 2.27. The molecule has 9 nitrogen and oxygen atoms in total. The van der Waals surface area contributed by atoms with Crippen LogP contribution in [0.1, 0.15) is 19.4 Å². The zero-order valence-corrected chi connectivity index (χ0v) is 20.8. The molecule has 0 spiro atoms. The minimum absolute atomic E-state index is 0. The molecule has 2 unspecified atom stereocenters. The zero-order chi connectivity index (χ0) is 20.8. The summed E-state index contributed by atoms with van der Waals surface area (Å²) in [5.74, 6) is 2.48. The second-order valence-electron chi connectivity index (χ2n) is 8.14. The fourth-order valence-electron chi connectivity index (χ4n) is 4.38. The number of piperazine rings is 1. The predicted octanol–water partition coefficient (Wildman–Crippen LogP) is 1.57. The number of aliphatic imine (C=N–C) groups is 1. The van der Waals surface area contributed by atoms with Crippen LogP contribution in [0, 0.1) is 5.92 Å². The molecule has 0 amide bonds. The molecule has 31 heavy (non-hydrogen) atoms. The molecule has 2 aliphatic rings. The summed E-state index contributed by atoms with van der Waals surface area (Å²) in [5.41, 5.74) is 0. The molecule has 2 aromatic rings. The monoisotopic (exact) mass is 539 g/mol. The van der Waals surface area contributed by atoms with Crippen molar-refractivity contribution in [3.8, 4) is 0 Å². The van der Waals surface area contributed by atoms with E-state index >= 15 is 0 Å². The minimum Gasteiger partial charge on any atom is -0.355 e. The Hall–Kier alpha value is -1.95. The molecule has 2 aromatic heterocycles. The van der Waals surface area contributed by atoms with E-state index in [4.69, 9.17) is 0 Å². The van der Waals surface area contributed by atoms with Crippen LogP contribution < -0.4 is 10.2 Å². The summed E-state index contributed by atoms with van der Waals surface area (Å²) in [4.78, 5) is 24.6. The lowest BCUT2D eigenvalue weighted by atomic mass is 9.93. The number of aromatic nitrogens is 4. The first kappa shape index (κ1) is 23.7. The van der Waals surface area contributed by atoms with E-state index in [0.29, 0.717) is 12.0 Å². The Labute approximate surface area is 202 Å². The standard InChI is InChI=1S/C21H33N9.HI/c1-18-4-9-29(16-19(18)30-11-7-23-17-30)20(22-2)26-8-10-27-12-14-28(15-13-27)21-24-5-3-6-25-21;/h3,5-7,11,17-19H,4,8-10,12-16H2,1-2H3,(H,22,26);1H. The maximum absolute atomic E-state index is 4.55. The van der Waals surface area contributed by atoms with Crippen molar-refractivity contribution in [3.63, 3.8) is 0 Å². The summed E-state index contributed by atoms with van der Waals surface area (Å²) in [6.45, 7) is 10.2. The van der Waals surface area contributed by atoms with Crippen LogP contribution in [0.25, 0.3) is 0 Å². The molecule has 170 valence electrons. The largest absolute Gasteiger partial charge is 0.355 e. The number of piperidine rings is 1. The van der Waals surface area contributed by atoms with Gasteiger partial charge in [0.15, 0.2) is 5.96 Å². The first-order valence-corrected chi connectivity index (χ1v) is 10.9. The van der Waals surface area contributed by atoms with Crippen molar-refractivity contribution in [1.82, 2.24) is 34.6 Å². The number of hydrogen-bond donors (Lipinski definition) is 1. The Morgan fingerprint density at radius 2 is 1.90 bits per heavy atom. The molecule has 0 aromatic carbocycles. The topological polar surface area (TPSA) is 77.7 Å². The van der Waals surface area contributed by atoms with Gasteiger partial charge in [-0.25, -0.2) is 15.0 Å². The molecule has 2 atom stereocenters. The quantitative estimate of drug-likeness (QED) is 0.351. The molecule has 0 bridgehead atoms. The molecule has 0 radical (unpaired) electrons. The summed E-state index contributed by atoms with van der Waals surface area (Å²) in [6.07, 6.45) is 10.6. The molecule has 4 rings (SSSR count). The summed E-state index contributed by atoms with van der Waals surface area (Å²) in [5, 5.41) is 3.58. The van der Waals surface area contributed by atoms with Crippen molar-refractivity contribution in [2.24, 2.45) is 10.9 Å². The Balaban J connectivity index is 0.00000272. The highest BCUT2D eigenvalue weighted by molar-refractivity contribution is 14.0. The van der Waals surface area contributed by atoms with Gasteiger partial charge in [-0.15, -0.1) is 24.0 Å². The van der Waals surface area contributed by atoms with Crippen LogP contribution in [0.15, 0.2) is 42.2 Å². The van der Waals surface area contributed by atoms with Gasteiger partial charge in [-0.05, 0) is 18.4 Å². The van der Waals surface area contributed by atoms with Crippen molar-refractivity contribution in [1.29, 1.82) is 0 Å². The molecule has 2 saturated heterocycles. The molecular formula is C21H34IN9. The number of halogens is 1. The Bertz CT molecular complexity index is 790. The minimum atomic E-state index is 0. The zero-order valence-electron chi connectivity index (χ0n) is 18.5. The molecule has 2 aliphatic heterocycles. The van der Waals surface area contributed by atoms with Gasteiger partial charge in [0, 0.05) is 84.2 Å². The molecule has 2 fully saturated rings. The smallest absolute Gasteiger partial charge is 0.225 e. The molecule has 0 saturated carbocycles. The SMILES string of the molecule is CN=C(NCCN1CCN(c2ncccn2)CC1)N1CCC(C)C(n2ccnc2)C1.I. The van der Waals surface area contributed by atoms with E-state index in [0.717, 1.165) is 70.7 Å². The van der Waals surface area contributed by atoms with Crippen LogP contribution in [-0.4, -0.2) is 94.7 Å². The highest BCUT2D eigenvalue weighted by atomic mass is 127. The third-order valence-electron chi connectivity index (χ3n) is 6.26.